The Morgan fingerprint density at radius 2 is 1.92 bits per heavy atom. The maximum atomic E-state index is 12.8. The van der Waals surface area contributed by atoms with Gasteiger partial charge < -0.3 is 5.32 Å². The third kappa shape index (κ3) is 3.00. The summed E-state index contributed by atoms with van der Waals surface area (Å²) in [5.74, 6) is 1.23. The molecule has 1 aromatic heterocycles. The first-order chi connectivity index (χ1) is 11.1. The van der Waals surface area contributed by atoms with Gasteiger partial charge in [-0.2, -0.15) is 5.10 Å². The van der Waals surface area contributed by atoms with E-state index in [0.717, 1.165) is 11.6 Å². The fourth-order valence-electron chi connectivity index (χ4n) is 4.72. The summed E-state index contributed by atoms with van der Waals surface area (Å²) in [6.07, 6.45) is 6.52. The molecule has 0 saturated heterocycles. The molecule has 1 atom stereocenters. The number of amides is 1. The standard InChI is InChI=1S/C20H33N3O/c1-13(2)17-11-16(22-23(17)19(4,5)6)18(24)21-14(3)20-9-7-15(12-20)8-10-20/h11,13-15H,7-10,12H2,1-6H3,(H,21,24). The van der Waals surface area contributed by atoms with Gasteiger partial charge in [0.05, 0.1) is 5.54 Å². The normalized spacial score (nSPS) is 27.7. The zero-order chi connectivity index (χ0) is 17.7. The number of nitrogens with one attached hydrogen (secondary N) is 1. The first-order valence-corrected chi connectivity index (χ1v) is 9.54. The molecule has 2 saturated carbocycles. The van der Waals surface area contributed by atoms with E-state index in [-0.39, 0.29) is 17.5 Å². The number of nitrogens with zero attached hydrogens (tertiary/aromatic N) is 2. The van der Waals surface area contributed by atoms with E-state index < -0.39 is 0 Å². The number of fused-ring (bicyclic) bond motifs is 2. The third-order valence-corrected chi connectivity index (χ3v) is 6.26. The van der Waals surface area contributed by atoms with Crippen molar-refractivity contribution >= 4 is 5.91 Å². The van der Waals surface area contributed by atoms with Crippen LogP contribution in [0.1, 0.15) is 95.7 Å². The molecule has 2 fully saturated rings. The summed E-state index contributed by atoms with van der Waals surface area (Å²) in [4.78, 5) is 12.8. The molecule has 1 unspecified atom stereocenters. The molecule has 2 bridgehead atoms. The van der Waals surface area contributed by atoms with Crippen molar-refractivity contribution in [1.82, 2.24) is 15.1 Å². The van der Waals surface area contributed by atoms with Gasteiger partial charge in [-0.25, -0.2) is 0 Å². The highest BCUT2D eigenvalue weighted by atomic mass is 16.2. The predicted octanol–water partition coefficient (Wildman–Crippen LogP) is 4.46. The maximum Gasteiger partial charge on any atom is 0.272 e. The summed E-state index contributed by atoms with van der Waals surface area (Å²) < 4.78 is 2.01. The quantitative estimate of drug-likeness (QED) is 0.885. The van der Waals surface area contributed by atoms with Crippen LogP contribution in [0.4, 0.5) is 0 Å². The molecule has 134 valence electrons. The minimum absolute atomic E-state index is 0.0166. The van der Waals surface area contributed by atoms with Gasteiger partial charge in [0, 0.05) is 11.7 Å². The van der Waals surface area contributed by atoms with E-state index in [4.69, 9.17) is 0 Å². The van der Waals surface area contributed by atoms with Crippen molar-refractivity contribution in [2.75, 3.05) is 0 Å². The van der Waals surface area contributed by atoms with Crippen LogP contribution in [0, 0.1) is 11.3 Å². The molecule has 1 heterocycles. The summed E-state index contributed by atoms with van der Waals surface area (Å²) >= 11 is 0. The summed E-state index contributed by atoms with van der Waals surface area (Å²) in [5, 5.41) is 7.92. The van der Waals surface area contributed by atoms with E-state index in [1.165, 1.54) is 32.1 Å². The average molecular weight is 332 g/mol. The Hall–Kier alpha value is -1.32. The highest BCUT2D eigenvalue weighted by Gasteiger charge is 2.48. The second-order valence-electron chi connectivity index (χ2n) is 9.40. The van der Waals surface area contributed by atoms with Crippen molar-refractivity contribution in [2.24, 2.45) is 11.3 Å². The molecule has 0 aliphatic heterocycles. The lowest BCUT2D eigenvalue weighted by atomic mass is 9.78. The van der Waals surface area contributed by atoms with Crippen LogP contribution in [-0.4, -0.2) is 21.7 Å². The number of hydrogen-bond acceptors (Lipinski definition) is 2. The van der Waals surface area contributed by atoms with Crippen molar-refractivity contribution < 1.29 is 4.79 Å². The third-order valence-electron chi connectivity index (χ3n) is 6.26. The van der Waals surface area contributed by atoms with Crippen molar-refractivity contribution in [1.29, 1.82) is 0 Å². The van der Waals surface area contributed by atoms with Crippen molar-refractivity contribution in [3.63, 3.8) is 0 Å². The zero-order valence-corrected chi connectivity index (χ0v) is 16.1. The molecule has 0 aromatic carbocycles. The van der Waals surface area contributed by atoms with Gasteiger partial charge in [-0.15, -0.1) is 0 Å². The number of hydrogen-bond donors (Lipinski definition) is 1. The summed E-state index contributed by atoms with van der Waals surface area (Å²) in [6, 6.07) is 2.21. The second kappa shape index (κ2) is 5.89. The molecule has 0 spiro atoms. The van der Waals surface area contributed by atoms with Gasteiger partial charge in [0.25, 0.3) is 5.91 Å². The van der Waals surface area contributed by atoms with Crippen LogP contribution < -0.4 is 5.32 Å². The summed E-state index contributed by atoms with van der Waals surface area (Å²) in [7, 11) is 0. The van der Waals surface area contributed by atoms with E-state index in [9.17, 15) is 4.79 Å². The Kier molecular flexibility index (Phi) is 4.29. The SMILES string of the molecule is CC(C)c1cc(C(=O)NC(C)C23CCC(CC2)C3)nn1C(C)(C)C. The molecule has 1 aromatic rings. The van der Waals surface area contributed by atoms with E-state index in [0.29, 0.717) is 17.0 Å². The van der Waals surface area contributed by atoms with Gasteiger partial charge in [0.1, 0.15) is 5.69 Å². The van der Waals surface area contributed by atoms with Gasteiger partial charge >= 0.3 is 0 Å². The molecule has 24 heavy (non-hydrogen) atoms. The summed E-state index contributed by atoms with van der Waals surface area (Å²) in [5.41, 5.74) is 1.91. The van der Waals surface area contributed by atoms with E-state index >= 15 is 0 Å². The number of carbonyl (C=O) groups is 1. The molecular weight excluding hydrogens is 298 g/mol. The Morgan fingerprint density at radius 1 is 1.29 bits per heavy atom. The molecule has 3 rings (SSSR count). The van der Waals surface area contributed by atoms with Crippen LogP contribution in [-0.2, 0) is 5.54 Å². The monoisotopic (exact) mass is 331 g/mol. The van der Waals surface area contributed by atoms with Crippen molar-refractivity contribution in [2.45, 2.75) is 91.1 Å². The highest BCUT2D eigenvalue weighted by Crippen LogP contribution is 2.55. The minimum Gasteiger partial charge on any atom is -0.348 e. The molecule has 2 aliphatic carbocycles. The predicted molar refractivity (Wildman–Crippen MR) is 97.2 cm³/mol. The van der Waals surface area contributed by atoms with E-state index in [1.807, 2.05) is 10.7 Å². The molecule has 1 amide bonds. The summed E-state index contributed by atoms with van der Waals surface area (Å²) in [6.45, 7) is 12.9. The first-order valence-electron chi connectivity index (χ1n) is 9.54. The zero-order valence-electron chi connectivity index (χ0n) is 16.1. The lowest BCUT2D eigenvalue weighted by molar-refractivity contribution is 0.0882. The smallest absolute Gasteiger partial charge is 0.272 e. The Morgan fingerprint density at radius 3 is 2.33 bits per heavy atom. The van der Waals surface area contributed by atoms with Gasteiger partial charge in [-0.1, -0.05) is 13.8 Å². The molecule has 1 N–H and O–H groups in total. The van der Waals surface area contributed by atoms with Crippen LogP contribution in [0.5, 0.6) is 0 Å². The van der Waals surface area contributed by atoms with Crippen LogP contribution in [0.25, 0.3) is 0 Å². The molecular formula is C20H33N3O. The number of rotatable bonds is 4. The van der Waals surface area contributed by atoms with Crippen LogP contribution in [0.15, 0.2) is 6.07 Å². The van der Waals surface area contributed by atoms with E-state index in [2.05, 4.69) is 52.0 Å². The highest BCUT2D eigenvalue weighted by molar-refractivity contribution is 5.92. The van der Waals surface area contributed by atoms with Gasteiger partial charge in [0.2, 0.25) is 0 Å². The molecule has 2 aliphatic rings. The lowest BCUT2D eigenvalue weighted by Gasteiger charge is -2.33. The Balaban J connectivity index is 1.78. The Labute approximate surface area is 146 Å². The molecule has 0 radical (unpaired) electrons. The van der Waals surface area contributed by atoms with Crippen molar-refractivity contribution in [3.05, 3.63) is 17.5 Å². The average Bonchev–Trinajstić information content (AvgIpc) is 3.20. The molecule has 4 nitrogen and oxygen atoms in total. The fraction of sp³-hybridized carbons (Fsp3) is 0.800. The maximum absolute atomic E-state index is 12.8. The molecule has 4 heteroatoms. The van der Waals surface area contributed by atoms with E-state index in [1.54, 1.807) is 0 Å². The number of aromatic nitrogens is 2. The largest absolute Gasteiger partial charge is 0.348 e. The Bertz CT molecular complexity index is 615. The minimum atomic E-state index is -0.118. The van der Waals surface area contributed by atoms with Crippen LogP contribution in [0.2, 0.25) is 0 Å². The van der Waals surface area contributed by atoms with Crippen molar-refractivity contribution in [3.8, 4) is 0 Å². The first kappa shape index (κ1) is 17.5. The fourth-order valence-corrected chi connectivity index (χ4v) is 4.72. The van der Waals surface area contributed by atoms with Crippen LogP contribution in [0.3, 0.4) is 0 Å². The van der Waals surface area contributed by atoms with Crippen LogP contribution >= 0.6 is 0 Å². The van der Waals surface area contributed by atoms with Gasteiger partial charge in [-0.05, 0) is 83.1 Å². The van der Waals surface area contributed by atoms with Gasteiger partial charge in [0.15, 0.2) is 0 Å². The lowest BCUT2D eigenvalue weighted by Crippen LogP contribution is -2.44. The number of carbonyl (C=O) groups excluding carboxylic acids is 1. The van der Waals surface area contributed by atoms with Gasteiger partial charge in [-0.3, -0.25) is 9.48 Å². The topological polar surface area (TPSA) is 46.9 Å². The second-order valence-corrected chi connectivity index (χ2v) is 9.40.